The van der Waals surface area contributed by atoms with E-state index in [9.17, 15) is 4.79 Å². The van der Waals surface area contributed by atoms with Crippen molar-refractivity contribution in [2.75, 3.05) is 20.2 Å². The average molecular weight is 360 g/mol. The van der Waals surface area contributed by atoms with E-state index in [-0.39, 0.29) is 11.9 Å². The van der Waals surface area contributed by atoms with Gasteiger partial charge in [-0.1, -0.05) is 23.5 Å². The van der Waals surface area contributed by atoms with Crippen LogP contribution in [0.3, 0.4) is 0 Å². The Bertz CT molecular complexity index is 719. The van der Waals surface area contributed by atoms with Crippen LogP contribution in [-0.2, 0) is 13.0 Å². The van der Waals surface area contributed by atoms with E-state index < -0.39 is 0 Å². The van der Waals surface area contributed by atoms with Crippen molar-refractivity contribution >= 4 is 17.4 Å². The number of benzene rings is 1. The molecule has 0 bridgehead atoms. The summed E-state index contributed by atoms with van der Waals surface area (Å²) in [4.78, 5) is 15.5. The second kappa shape index (κ2) is 8.40. The number of piperidine rings is 1. The summed E-state index contributed by atoms with van der Waals surface area (Å²) >= 11 is 1.18. The van der Waals surface area contributed by atoms with Gasteiger partial charge in [0.1, 0.15) is 10.6 Å². The molecule has 1 aliphatic heterocycles. The predicted octanol–water partition coefficient (Wildman–Crippen LogP) is 2.50. The van der Waals surface area contributed by atoms with E-state index in [1.165, 1.54) is 17.1 Å². The van der Waals surface area contributed by atoms with Crippen molar-refractivity contribution in [1.29, 1.82) is 0 Å². The molecular formula is C18H24N4O2S. The lowest BCUT2D eigenvalue weighted by molar-refractivity contribution is 0.0904. The van der Waals surface area contributed by atoms with E-state index in [4.69, 9.17) is 4.74 Å². The largest absolute Gasteiger partial charge is 0.497 e. The summed E-state index contributed by atoms with van der Waals surface area (Å²) in [6.07, 6.45) is 2.82. The number of hydrogen-bond donors (Lipinski definition) is 1. The molecule has 7 heteroatoms. The standard InChI is InChI=1S/C18H24N4O2S/c1-3-16-17(25-21-20-16)18(23)19-14-7-5-9-22(12-14)11-13-6-4-8-15(10-13)24-2/h4,6,8,10,14H,3,5,7,9,11-12H2,1-2H3,(H,19,23)/t14-/m0/s1. The molecule has 1 fully saturated rings. The van der Waals surface area contributed by atoms with E-state index >= 15 is 0 Å². The molecule has 25 heavy (non-hydrogen) atoms. The second-order valence-electron chi connectivity index (χ2n) is 6.30. The fourth-order valence-corrected chi connectivity index (χ4v) is 3.86. The summed E-state index contributed by atoms with van der Waals surface area (Å²) < 4.78 is 9.20. The Morgan fingerprint density at radius 1 is 1.48 bits per heavy atom. The zero-order chi connectivity index (χ0) is 17.6. The lowest BCUT2D eigenvalue weighted by atomic mass is 10.0. The van der Waals surface area contributed by atoms with Crippen LogP contribution < -0.4 is 10.1 Å². The maximum absolute atomic E-state index is 12.5. The van der Waals surface area contributed by atoms with Crippen LogP contribution in [0.25, 0.3) is 0 Å². The molecule has 134 valence electrons. The monoisotopic (exact) mass is 360 g/mol. The third kappa shape index (κ3) is 4.55. The highest BCUT2D eigenvalue weighted by molar-refractivity contribution is 7.08. The first-order valence-corrected chi connectivity index (χ1v) is 9.44. The maximum atomic E-state index is 12.5. The molecule has 0 radical (unpaired) electrons. The molecule has 6 nitrogen and oxygen atoms in total. The Kier molecular flexibility index (Phi) is 5.99. The number of hydrogen-bond acceptors (Lipinski definition) is 6. The fourth-order valence-electron chi connectivity index (χ4n) is 3.21. The van der Waals surface area contributed by atoms with Crippen LogP contribution in [0, 0.1) is 0 Å². The Morgan fingerprint density at radius 3 is 3.16 bits per heavy atom. The highest BCUT2D eigenvalue weighted by atomic mass is 32.1. The van der Waals surface area contributed by atoms with Gasteiger partial charge in [-0.3, -0.25) is 9.69 Å². The summed E-state index contributed by atoms with van der Waals surface area (Å²) in [5.74, 6) is 0.837. The molecule has 1 aliphatic rings. The summed E-state index contributed by atoms with van der Waals surface area (Å²) in [5, 5.41) is 7.18. The second-order valence-corrected chi connectivity index (χ2v) is 7.06. The third-order valence-corrected chi connectivity index (χ3v) is 5.24. The van der Waals surface area contributed by atoms with E-state index in [1.807, 2.05) is 19.1 Å². The molecule has 1 atom stereocenters. The van der Waals surface area contributed by atoms with Gasteiger partial charge >= 0.3 is 0 Å². The van der Waals surface area contributed by atoms with E-state index in [1.54, 1.807) is 7.11 Å². The molecule has 2 aromatic rings. The molecule has 0 unspecified atom stereocenters. The maximum Gasteiger partial charge on any atom is 0.265 e. The van der Waals surface area contributed by atoms with Crippen molar-refractivity contribution < 1.29 is 9.53 Å². The lowest BCUT2D eigenvalue weighted by Crippen LogP contribution is -2.47. The minimum Gasteiger partial charge on any atom is -0.497 e. The molecule has 3 rings (SSSR count). The minimum atomic E-state index is -0.0416. The van der Waals surface area contributed by atoms with Gasteiger partial charge in [0.2, 0.25) is 0 Å². The Hall–Kier alpha value is -1.99. The van der Waals surface area contributed by atoms with Gasteiger partial charge in [-0.15, -0.1) is 5.10 Å². The van der Waals surface area contributed by atoms with Crippen LogP contribution in [0.5, 0.6) is 5.75 Å². The van der Waals surface area contributed by atoms with Crippen LogP contribution in [0.1, 0.15) is 40.7 Å². The summed E-state index contributed by atoms with van der Waals surface area (Å²) in [7, 11) is 1.68. The van der Waals surface area contributed by atoms with E-state index in [0.29, 0.717) is 4.88 Å². The van der Waals surface area contributed by atoms with Crippen molar-refractivity contribution in [1.82, 2.24) is 19.8 Å². The number of aryl methyl sites for hydroxylation is 1. The molecule has 0 saturated carbocycles. The number of aromatic nitrogens is 2. The zero-order valence-corrected chi connectivity index (χ0v) is 15.5. The van der Waals surface area contributed by atoms with Gasteiger partial charge in [0.25, 0.3) is 5.91 Å². The van der Waals surface area contributed by atoms with Crippen molar-refractivity contribution in [3.8, 4) is 5.75 Å². The first-order valence-electron chi connectivity index (χ1n) is 8.67. The molecule has 1 aromatic carbocycles. The lowest BCUT2D eigenvalue weighted by Gasteiger charge is -2.33. The molecule has 1 saturated heterocycles. The Morgan fingerprint density at radius 2 is 2.36 bits per heavy atom. The number of carbonyl (C=O) groups is 1. The van der Waals surface area contributed by atoms with Gasteiger partial charge in [-0.2, -0.15) is 0 Å². The highest BCUT2D eigenvalue weighted by Crippen LogP contribution is 2.18. The van der Waals surface area contributed by atoms with Crippen molar-refractivity contribution in [2.45, 2.75) is 38.8 Å². The number of amides is 1. The Labute approximate surface area is 152 Å². The predicted molar refractivity (Wildman–Crippen MR) is 98.0 cm³/mol. The molecule has 2 heterocycles. The quantitative estimate of drug-likeness (QED) is 0.857. The molecular weight excluding hydrogens is 336 g/mol. The third-order valence-electron chi connectivity index (χ3n) is 4.48. The Balaban J connectivity index is 1.58. The summed E-state index contributed by atoms with van der Waals surface area (Å²) in [6, 6.07) is 8.32. The average Bonchev–Trinajstić information content (AvgIpc) is 3.11. The number of carbonyl (C=O) groups excluding carboxylic acids is 1. The molecule has 1 aromatic heterocycles. The molecule has 0 spiro atoms. The molecule has 0 aliphatic carbocycles. The summed E-state index contributed by atoms with van der Waals surface area (Å²) in [6.45, 7) is 4.76. The SMILES string of the molecule is CCc1nnsc1C(=O)N[C@H]1CCCN(Cc2cccc(OC)c2)C1. The number of likely N-dealkylation sites (tertiary alicyclic amines) is 1. The van der Waals surface area contributed by atoms with E-state index in [2.05, 4.69) is 31.9 Å². The van der Waals surface area contributed by atoms with Gasteiger partial charge in [0.15, 0.2) is 0 Å². The smallest absolute Gasteiger partial charge is 0.265 e. The topological polar surface area (TPSA) is 67.4 Å². The van der Waals surface area contributed by atoms with Crippen molar-refractivity contribution in [3.63, 3.8) is 0 Å². The fraction of sp³-hybridized carbons (Fsp3) is 0.500. The van der Waals surface area contributed by atoms with E-state index in [0.717, 1.165) is 50.3 Å². The van der Waals surface area contributed by atoms with Crippen LogP contribution in [0.2, 0.25) is 0 Å². The normalized spacial score (nSPS) is 18.1. The van der Waals surface area contributed by atoms with Crippen LogP contribution in [-0.4, -0.2) is 46.6 Å². The minimum absolute atomic E-state index is 0.0416. The van der Waals surface area contributed by atoms with Crippen molar-refractivity contribution in [3.05, 3.63) is 40.4 Å². The highest BCUT2D eigenvalue weighted by Gasteiger charge is 2.24. The van der Waals surface area contributed by atoms with Gasteiger partial charge in [0, 0.05) is 19.1 Å². The first-order chi connectivity index (χ1) is 12.2. The van der Waals surface area contributed by atoms with Gasteiger partial charge in [-0.05, 0) is 55.0 Å². The number of ether oxygens (including phenoxy) is 1. The van der Waals surface area contributed by atoms with Gasteiger partial charge < -0.3 is 10.1 Å². The van der Waals surface area contributed by atoms with Crippen molar-refractivity contribution in [2.24, 2.45) is 0 Å². The van der Waals surface area contributed by atoms with Crippen LogP contribution in [0.4, 0.5) is 0 Å². The number of nitrogens with zero attached hydrogens (tertiary/aromatic N) is 3. The number of rotatable bonds is 6. The van der Waals surface area contributed by atoms with Gasteiger partial charge in [0.05, 0.1) is 12.8 Å². The zero-order valence-electron chi connectivity index (χ0n) is 14.7. The summed E-state index contributed by atoms with van der Waals surface area (Å²) in [5.41, 5.74) is 2.01. The van der Waals surface area contributed by atoms with Crippen LogP contribution >= 0.6 is 11.5 Å². The number of methoxy groups -OCH3 is 1. The number of nitrogens with one attached hydrogen (secondary N) is 1. The first kappa shape index (κ1) is 17.8. The molecule has 1 amide bonds. The van der Waals surface area contributed by atoms with Gasteiger partial charge in [-0.25, -0.2) is 0 Å². The molecule has 1 N–H and O–H groups in total. The van der Waals surface area contributed by atoms with Crippen LogP contribution in [0.15, 0.2) is 24.3 Å².